The highest BCUT2D eigenvalue weighted by atomic mass is 16.6. The SMILES string of the molecule is C=CCC(=O)Oc1cccc2c1C(=O)O[C@]2(CO)COC(C)=O. The van der Waals surface area contributed by atoms with E-state index in [2.05, 4.69) is 6.58 Å². The van der Waals surface area contributed by atoms with Gasteiger partial charge in [-0.25, -0.2) is 4.79 Å². The molecule has 0 fully saturated rings. The number of hydrogen-bond donors (Lipinski definition) is 1. The zero-order valence-electron chi connectivity index (χ0n) is 12.5. The summed E-state index contributed by atoms with van der Waals surface area (Å²) in [7, 11) is 0. The van der Waals surface area contributed by atoms with E-state index < -0.39 is 30.1 Å². The number of fused-ring (bicyclic) bond motifs is 1. The summed E-state index contributed by atoms with van der Waals surface area (Å²) in [5.41, 5.74) is -1.17. The Morgan fingerprint density at radius 2 is 2.17 bits per heavy atom. The molecule has 0 saturated heterocycles. The van der Waals surface area contributed by atoms with Crippen LogP contribution in [0.1, 0.15) is 29.3 Å². The van der Waals surface area contributed by atoms with Gasteiger partial charge in [-0.15, -0.1) is 6.58 Å². The number of rotatable bonds is 6. The summed E-state index contributed by atoms with van der Waals surface area (Å²) in [6.45, 7) is 3.73. The van der Waals surface area contributed by atoms with Crippen molar-refractivity contribution in [1.29, 1.82) is 0 Å². The van der Waals surface area contributed by atoms with Crippen LogP contribution in [0.3, 0.4) is 0 Å². The third-order valence-corrected chi connectivity index (χ3v) is 3.31. The number of carbonyl (C=O) groups excluding carboxylic acids is 3. The Bertz CT molecular complexity index is 664. The second-order valence-corrected chi connectivity index (χ2v) is 4.97. The molecular formula is C16H16O7. The molecule has 1 aliphatic rings. The van der Waals surface area contributed by atoms with Crippen LogP contribution in [0.25, 0.3) is 0 Å². The molecule has 1 aliphatic heterocycles. The minimum absolute atomic E-state index is 0.0166. The van der Waals surface area contributed by atoms with Gasteiger partial charge >= 0.3 is 17.9 Å². The zero-order valence-corrected chi connectivity index (χ0v) is 12.5. The number of benzene rings is 1. The predicted octanol–water partition coefficient (Wildman–Crippen LogP) is 1.09. The Labute approximate surface area is 132 Å². The smallest absolute Gasteiger partial charge is 0.343 e. The first kappa shape index (κ1) is 16.7. The van der Waals surface area contributed by atoms with Crippen LogP contribution in [0.5, 0.6) is 5.75 Å². The summed E-state index contributed by atoms with van der Waals surface area (Å²) in [4.78, 5) is 34.8. The summed E-state index contributed by atoms with van der Waals surface area (Å²) in [5, 5.41) is 9.66. The Kier molecular flexibility index (Phi) is 4.80. The highest BCUT2D eigenvalue weighted by molar-refractivity contribution is 5.98. The van der Waals surface area contributed by atoms with Gasteiger partial charge in [0.15, 0.2) is 5.60 Å². The lowest BCUT2D eigenvalue weighted by Gasteiger charge is -2.25. The molecule has 1 aromatic carbocycles. The molecule has 1 atom stereocenters. The van der Waals surface area contributed by atoms with E-state index in [1.807, 2.05) is 0 Å². The molecular weight excluding hydrogens is 304 g/mol. The molecule has 0 radical (unpaired) electrons. The summed E-state index contributed by atoms with van der Waals surface area (Å²) >= 11 is 0. The van der Waals surface area contributed by atoms with Gasteiger partial charge in [-0.2, -0.15) is 0 Å². The number of carbonyl (C=O) groups is 3. The second kappa shape index (κ2) is 6.62. The number of aliphatic hydroxyl groups excluding tert-OH is 1. The molecule has 0 saturated carbocycles. The average molecular weight is 320 g/mol. The van der Waals surface area contributed by atoms with Gasteiger partial charge < -0.3 is 19.3 Å². The summed E-state index contributed by atoms with van der Waals surface area (Å²) in [5.74, 6) is -1.89. The highest BCUT2D eigenvalue weighted by Crippen LogP contribution is 2.41. The normalized spacial score (nSPS) is 18.8. The largest absolute Gasteiger partial charge is 0.461 e. The Balaban J connectivity index is 2.40. The van der Waals surface area contributed by atoms with Crippen LogP contribution < -0.4 is 4.74 Å². The van der Waals surface area contributed by atoms with Crippen molar-refractivity contribution in [3.8, 4) is 5.75 Å². The lowest BCUT2D eigenvalue weighted by atomic mass is 9.93. The summed E-state index contributed by atoms with van der Waals surface area (Å²) < 4.78 is 15.2. The third-order valence-electron chi connectivity index (χ3n) is 3.31. The molecule has 0 bridgehead atoms. The fraction of sp³-hybridized carbons (Fsp3) is 0.312. The van der Waals surface area contributed by atoms with E-state index in [9.17, 15) is 19.5 Å². The molecule has 23 heavy (non-hydrogen) atoms. The van der Waals surface area contributed by atoms with Crippen LogP contribution in [-0.4, -0.2) is 36.2 Å². The fourth-order valence-corrected chi connectivity index (χ4v) is 2.26. The van der Waals surface area contributed by atoms with E-state index in [0.717, 1.165) is 0 Å². The number of hydrogen-bond acceptors (Lipinski definition) is 7. The van der Waals surface area contributed by atoms with Crippen molar-refractivity contribution in [2.75, 3.05) is 13.2 Å². The van der Waals surface area contributed by atoms with Crippen molar-refractivity contribution in [2.45, 2.75) is 18.9 Å². The van der Waals surface area contributed by atoms with Crippen LogP contribution in [-0.2, 0) is 24.7 Å². The molecule has 0 unspecified atom stereocenters. The average Bonchev–Trinajstić information content (AvgIpc) is 2.80. The molecule has 0 spiro atoms. The van der Waals surface area contributed by atoms with Crippen molar-refractivity contribution >= 4 is 17.9 Å². The molecule has 2 rings (SSSR count). The quantitative estimate of drug-likeness (QED) is 0.476. The molecule has 1 heterocycles. The van der Waals surface area contributed by atoms with Gasteiger partial charge in [0.25, 0.3) is 0 Å². The monoisotopic (exact) mass is 320 g/mol. The molecule has 7 nitrogen and oxygen atoms in total. The Morgan fingerprint density at radius 1 is 1.43 bits per heavy atom. The van der Waals surface area contributed by atoms with E-state index in [1.54, 1.807) is 12.1 Å². The standard InChI is InChI=1S/C16H16O7/c1-3-5-13(19)22-12-7-4-6-11-14(12)15(20)23-16(11,8-17)9-21-10(2)18/h3-4,6-7,17H,1,5,8-9H2,2H3/t16-/m1/s1. The second-order valence-electron chi connectivity index (χ2n) is 4.97. The van der Waals surface area contributed by atoms with Crippen LogP contribution >= 0.6 is 0 Å². The van der Waals surface area contributed by atoms with Gasteiger partial charge in [0.2, 0.25) is 0 Å². The van der Waals surface area contributed by atoms with Crippen LogP contribution in [0.4, 0.5) is 0 Å². The minimum atomic E-state index is -1.50. The molecule has 0 aliphatic carbocycles. The number of esters is 3. The van der Waals surface area contributed by atoms with Crippen molar-refractivity contribution < 1.29 is 33.7 Å². The van der Waals surface area contributed by atoms with E-state index in [-0.39, 0.29) is 24.3 Å². The molecule has 0 amide bonds. The fourth-order valence-electron chi connectivity index (χ4n) is 2.26. The van der Waals surface area contributed by atoms with Gasteiger partial charge in [0.05, 0.1) is 13.0 Å². The molecule has 7 heteroatoms. The van der Waals surface area contributed by atoms with Gasteiger partial charge in [-0.05, 0) is 6.07 Å². The van der Waals surface area contributed by atoms with Crippen LogP contribution in [0.15, 0.2) is 30.9 Å². The Hall–Kier alpha value is -2.67. The molecule has 1 aromatic rings. The maximum atomic E-state index is 12.2. The maximum absolute atomic E-state index is 12.2. The van der Waals surface area contributed by atoms with Crippen LogP contribution in [0, 0.1) is 0 Å². The van der Waals surface area contributed by atoms with Crippen molar-refractivity contribution in [2.24, 2.45) is 0 Å². The van der Waals surface area contributed by atoms with Gasteiger partial charge in [-0.3, -0.25) is 9.59 Å². The van der Waals surface area contributed by atoms with Crippen molar-refractivity contribution in [3.05, 3.63) is 42.0 Å². The van der Waals surface area contributed by atoms with Gasteiger partial charge in [0.1, 0.15) is 17.9 Å². The topological polar surface area (TPSA) is 99.1 Å². The van der Waals surface area contributed by atoms with E-state index >= 15 is 0 Å². The van der Waals surface area contributed by atoms with Crippen molar-refractivity contribution in [3.63, 3.8) is 0 Å². The van der Waals surface area contributed by atoms with Crippen LogP contribution in [0.2, 0.25) is 0 Å². The number of cyclic esters (lactones) is 1. The number of aliphatic hydroxyl groups is 1. The highest BCUT2D eigenvalue weighted by Gasteiger charge is 2.48. The minimum Gasteiger partial charge on any atom is -0.461 e. The third kappa shape index (κ3) is 3.24. The lowest BCUT2D eigenvalue weighted by molar-refractivity contribution is -0.151. The van der Waals surface area contributed by atoms with E-state index in [0.29, 0.717) is 5.56 Å². The van der Waals surface area contributed by atoms with Gasteiger partial charge in [-0.1, -0.05) is 18.2 Å². The lowest BCUT2D eigenvalue weighted by Crippen LogP contribution is -2.36. The molecule has 1 N–H and O–H groups in total. The molecule has 0 aromatic heterocycles. The first-order valence-electron chi connectivity index (χ1n) is 6.86. The van der Waals surface area contributed by atoms with E-state index in [1.165, 1.54) is 19.1 Å². The zero-order chi connectivity index (χ0) is 17.0. The molecule has 122 valence electrons. The van der Waals surface area contributed by atoms with E-state index in [4.69, 9.17) is 14.2 Å². The predicted molar refractivity (Wildman–Crippen MR) is 77.7 cm³/mol. The van der Waals surface area contributed by atoms with Gasteiger partial charge in [0, 0.05) is 12.5 Å². The Morgan fingerprint density at radius 3 is 2.78 bits per heavy atom. The number of ether oxygens (including phenoxy) is 3. The summed E-state index contributed by atoms with van der Waals surface area (Å²) in [6, 6.07) is 4.54. The first-order chi connectivity index (χ1) is 10.9. The first-order valence-corrected chi connectivity index (χ1v) is 6.86. The summed E-state index contributed by atoms with van der Waals surface area (Å²) in [6.07, 6.45) is 1.36. The maximum Gasteiger partial charge on any atom is 0.343 e. The van der Waals surface area contributed by atoms with Crippen molar-refractivity contribution in [1.82, 2.24) is 0 Å².